The molecule has 19 heteroatoms. The molecule has 324 valence electrons. The molecule has 60 heavy (non-hydrogen) atoms. The largest absolute Gasteiger partial charge is 0.481 e. The van der Waals surface area contributed by atoms with E-state index in [2.05, 4.69) is 0 Å². The predicted molar refractivity (Wildman–Crippen MR) is 200 cm³/mol. The van der Waals surface area contributed by atoms with Crippen molar-refractivity contribution in [3.8, 4) is 5.75 Å². The number of carbonyl (C=O) groups is 8. The Balaban J connectivity index is 1.74. The van der Waals surface area contributed by atoms with Crippen molar-refractivity contribution < 1.29 is 90.8 Å². The van der Waals surface area contributed by atoms with Crippen LogP contribution in [0.15, 0.2) is 60.7 Å². The second-order valence-corrected chi connectivity index (χ2v) is 13.6. The Morgan fingerprint density at radius 3 is 1.62 bits per heavy atom. The van der Waals surface area contributed by atoms with Crippen LogP contribution in [-0.2, 0) is 76.2 Å². The van der Waals surface area contributed by atoms with Crippen LogP contribution in [-0.4, -0.2) is 121 Å². The number of hydrogen-bond donors (Lipinski definition) is 1. The summed E-state index contributed by atoms with van der Waals surface area (Å²) in [4.78, 5) is 98.7. The van der Waals surface area contributed by atoms with Gasteiger partial charge in [0.05, 0.1) is 12.5 Å². The van der Waals surface area contributed by atoms with E-state index in [4.69, 9.17) is 47.4 Å². The number of ether oxygens (including phenoxy) is 10. The van der Waals surface area contributed by atoms with Gasteiger partial charge in [-0.05, 0) is 23.8 Å². The quantitative estimate of drug-likeness (QED) is 0.104. The number of aliphatic carboxylic acids is 1. The maximum Gasteiger partial charge on any atom is 0.303 e. The maximum absolute atomic E-state index is 12.6. The molecule has 0 amide bonds. The monoisotopic (exact) mass is 842 g/mol. The summed E-state index contributed by atoms with van der Waals surface area (Å²) >= 11 is 0. The van der Waals surface area contributed by atoms with Crippen molar-refractivity contribution in [1.82, 2.24) is 0 Å². The van der Waals surface area contributed by atoms with Crippen LogP contribution in [0.1, 0.15) is 63.9 Å². The SMILES string of the molecule is CC(=O)OC[C@@H]1O[C@@H](Oc2ccc(/C=C/C(=O)c3ccccc3)cc2)[C@@H](OC(C)=O)[C@H](CC(=O)O)[C@H]1O[C@H]1O[C@@H](COC(C)=O)[C@H](OC(C)=O)[C@@H](OC(C)=O)[C@@H]1OC(C)=O. The lowest BCUT2D eigenvalue weighted by Crippen LogP contribution is -2.66. The van der Waals surface area contributed by atoms with E-state index < -0.39 is 123 Å². The van der Waals surface area contributed by atoms with Gasteiger partial charge in [0.1, 0.15) is 31.2 Å². The highest BCUT2D eigenvalue weighted by Gasteiger charge is 2.57. The molecule has 2 aromatic rings. The Morgan fingerprint density at radius 2 is 1.08 bits per heavy atom. The number of rotatable bonds is 17. The van der Waals surface area contributed by atoms with Gasteiger partial charge >= 0.3 is 41.8 Å². The molecule has 0 unspecified atom stereocenters. The standard InChI is InChI=1S/C41H46O19/c1-21(42)51-19-32-35(60-41-39(56-26(6)47)38(55-25(5)46)37(54-24(4)45)33(59-41)20-52-22(2)43)30(18-34(49)50)36(53-23(3)44)40(58-32)57-29-15-12-27(13-16-29)14-17-31(48)28-10-8-7-9-11-28/h7-17,30,32-33,35-41H,18-20H2,1-6H3,(H,49,50)/b17-14+/t30-,32+,33+,35-,36+,37+,38-,39+,40-,41-/m1/s1. The molecular formula is C41H46O19. The third-order valence-corrected chi connectivity index (χ3v) is 8.81. The molecule has 10 atom stereocenters. The predicted octanol–water partition coefficient (Wildman–Crippen LogP) is 2.74. The summed E-state index contributed by atoms with van der Waals surface area (Å²) in [5.74, 6) is -8.02. The van der Waals surface area contributed by atoms with Crippen molar-refractivity contribution in [2.75, 3.05) is 13.2 Å². The Morgan fingerprint density at radius 1 is 0.583 bits per heavy atom. The zero-order chi connectivity index (χ0) is 44.1. The molecule has 2 aliphatic heterocycles. The summed E-state index contributed by atoms with van der Waals surface area (Å²) in [5, 5.41) is 10.2. The topological polar surface area (TPSA) is 249 Å². The molecule has 0 spiro atoms. The third-order valence-electron chi connectivity index (χ3n) is 8.81. The minimum Gasteiger partial charge on any atom is -0.481 e. The maximum atomic E-state index is 12.6. The first-order valence-corrected chi connectivity index (χ1v) is 18.6. The number of ketones is 1. The Labute approximate surface area is 344 Å². The molecule has 0 radical (unpaired) electrons. The number of hydrogen-bond acceptors (Lipinski definition) is 18. The molecule has 0 bridgehead atoms. The number of benzene rings is 2. The number of allylic oxidation sites excluding steroid dienone is 1. The third kappa shape index (κ3) is 13.7. The summed E-state index contributed by atoms with van der Waals surface area (Å²) in [6, 6.07) is 14.9. The Hall–Kier alpha value is -6.18. The van der Waals surface area contributed by atoms with Gasteiger partial charge in [-0.15, -0.1) is 0 Å². The van der Waals surface area contributed by atoms with Crippen LogP contribution in [0.4, 0.5) is 0 Å². The van der Waals surface area contributed by atoms with Crippen molar-refractivity contribution >= 4 is 53.6 Å². The first-order chi connectivity index (χ1) is 28.4. The minimum atomic E-state index is -1.83. The van der Waals surface area contributed by atoms with Crippen LogP contribution in [0.3, 0.4) is 0 Å². The van der Waals surface area contributed by atoms with Crippen LogP contribution >= 0.6 is 0 Å². The molecule has 19 nitrogen and oxygen atoms in total. The first kappa shape index (κ1) is 46.5. The van der Waals surface area contributed by atoms with Crippen LogP contribution in [0.5, 0.6) is 5.75 Å². The van der Waals surface area contributed by atoms with Gasteiger partial charge in [0.15, 0.2) is 36.5 Å². The van der Waals surface area contributed by atoms with E-state index in [0.717, 1.165) is 41.5 Å². The Kier molecular flexibility index (Phi) is 16.8. The molecule has 2 aromatic carbocycles. The highest BCUT2D eigenvalue weighted by atomic mass is 16.8. The van der Waals surface area contributed by atoms with E-state index in [9.17, 15) is 43.5 Å². The van der Waals surface area contributed by atoms with Gasteiger partial charge in [-0.3, -0.25) is 38.4 Å². The second kappa shape index (κ2) is 21.7. The average Bonchev–Trinajstić information content (AvgIpc) is 3.16. The van der Waals surface area contributed by atoms with Gasteiger partial charge in [-0.2, -0.15) is 0 Å². The molecule has 0 aliphatic carbocycles. The fourth-order valence-electron chi connectivity index (χ4n) is 6.49. The number of carbonyl (C=O) groups excluding carboxylic acids is 7. The van der Waals surface area contributed by atoms with Crippen molar-refractivity contribution in [3.63, 3.8) is 0 Å². The number of carboxylic acid groups (broad SMARTS) is 1. The summed E-state index contributed by atoms with van der Waals surface area (Å²) in [6.07, 6.45) is -12.1. The van der Waals surface area contributed by atoms with Gasteiger partial charge < -0.3 is 52.5 Å². The molecule has 0 saturated carbocycles. The van der Waals surface area contributed by atoms with E-state index in [0.29, 0.717) is 11.1 Å². The van der Waals surface area contributed by atoms with Gasteiger partial charge in [0, 0.05) is 53.0 Å². The number of esters is 6. The highest BCUT2D eigenvalue weighted by molar-refractivity contribution is 6.06. The molecule has 2 saturated heterocycles. The smallest absolute Gasteiger partial charge is 0.303 e. The zero-order valence-electron chi connectivity index (χ0n) is 33.5. The van der Waals surface area contributed by atoms with Gasteiger partial charge in [0.2, 0.25) is 6.29 Å². The molecule has 4 rings (SSSR count). The average molecular weight is 843 g/mol. The van der Waals surface area contributed by atoms with Crippen LogP contribution in [0.25, 0.3) is 6.08 Å². The first-order valence-electron chi connectivity index (χ1n) is 18.6. The summed E-state index contributed by atoms with van der Waals surface area (Å²) in [5.41, 5.74) is 1.11. The summed E-state index contributed by atoms with van der Waals surface area (Å²) in [6.45, 7) is 5.15. The lowest BCUT2D eigenvalue weighted by molar-refractivity contribution is -0.349. The fourth-order valence-corrected chi connectivity index (χ4v) is 6.49. The molecule has 1 N–H and O–H groups in total. The zero-order valence-corrected chi connectivity index (χ0v) is 33.5. The van der Waals surface area contributed by atoms with E-state index in [1.165, 1.54) is 18.2 Å². The highest BCUT2D eigenvalue weighted by Crippen LogP contribution is 2.38. The molecular weight excluding hydrogens is 796 g/mol. The fraction of sp³-hybridized carbons (Fsp3) is 0.463. The lowest BCUT2D eigenvalue weighted by atomic mass is 9.85. The van der Waals surface area contributed by atoms with E-state index in [-0.39, 0.29) is 11.5 Å². The van der Waals surface area contributed by atoms with E-state index in [1.807, 2.05) is 0 Å². The summed E-state index contributed by atoms with van der Waals surface area (Å²) in [7, 11) is 0. The van der Waals surface area contributed by atoms with Crippen molar-refractivity contribution in [2.24, 2.45) is 5.92 Å². The van der Waals surface area contributed by atoms with Gasteiger partial charge in [-0.1, -0.05) is 48.5 Å². The summed E-state index contributed by atoms with van der Waals surface area (Å²) < 4.78 is 57.3. The number of carboxylic acids is 1. The second-order valence-electron chi connectivity index (χ2n) is 13.6. The van der Waals surface area contributed by atoms with Crippen molar-refractivity contribution in [3.05, 3.63) is 71.8 Å². The molecule has 2 fully saturated rings. The van der Waals surface area contributed by atoms with Gasteiger partial charge in [0.25, 0.3) is 0 Å². The van der Waals surface area contributed by atoms with Crippen molar-refractivity contribution in [1.29, 1.82) is 0 Å². The minimum absolute atomic E-state index is 0.156. The molecule has 2 heterocycles. The molecule has 2 aliphatic rings. The van der Waals surface area contributed by atoms with Crippen molar-refractivity contribution in [2.45, 2.75) is 103 Å². The van der Waals surface area contributed by atoms with E-state index in [1.54, 1.807) is 48.5 Å². The Bertz CT molecular complexity index is 1890. The van der Waals surface area contributed by atoms with Crippen LogP contribution in [0.2, 0.25) is 0 Å². The normalized spacial score (nSPS) is 26.2. The van der Waals surface area contributed by atoms with Gasteiger partial charge in [-0.25, -0.2) is 0 Å². The lowest BCUT2D eigenvalue weighted by Gasteiger charge is -2.49. The van der Waals surface area contributed by atoms with E-state index >= 15 is 0 Å². The van der Waals surface area contributed by atoms with Crippen LogP contribution < -0.4 is 4.74 Å². The van der Waals surface area contributed by atoms with Crippen LogP contribution in [0, 0.1) is 5.92 Å². The molecule has 0 aromatic heterocycles.